The van der Waals surface area contributed by atoms with Crippen LogP contribution in [-0.4, -0.2) is 25.1 Å². The molecule has 116 valence electrons. The summed E-state index contributed by atoms with van der Waals surface area (Å²) in [5.74, 6) is 0.747. The Balaban J connectivity index is 1.89. The number of rotatable bonds is 5. The minimum atomic E-state index is -0.0713. The largest absolute Gasteiger partial charge is 0.495 e. The number of nitrogens with one attached hydrogen (secondary N) is 1. The third-order valence-corrected chi connectivity index (χ3v) is 4.24. The maximum Gasteiger partial charge on any atom is 0.282 e. The molecule has 4 nitrogen and oxygen atoms in total. The van der Waals surface area contributed by atoms with Gasteiger partial charge in [-0.1, -0.05) is 25.0 Å². The zero-order valence-corrected chi connectivity index (χ0v) is 13.1. The van der Waals surface area contributed by atoms with Crippen molar-refractivity contribution in [2.45, 2.75) is 57.5 Å². The van der Waals surface area contributed by atoms with Gasteiger partial charge in [-0.05, 0) is 44.7 Å². The molecule has 2 rings (SSSR count). The van der Waals surface area contributed by atoms with Crippen LogP contribution in [0.3, 0.4) is 0 Å². The van der Waals surface area contributed by atoms with E-state index >= 15 is 0 Å². The van der Waals surface area contributed by atoms with E-state index in [1.54, 1.807) is 7.11 Å². The number of carbonyl (C=O) groups is 1. The van der Waals surface area contributed by atoms with E-state index in [1.807, 2.05) is 31.2 Å². The Morgan fingerprint density at radius 1 is 1.24 bits per heavy atom. The zero-order valence-electron chi connectivity index (χ0n) is 13.1. The Kier molecular flexibility index (Phi) is 6.05. The lowest BCUT2D eigenvalue weighted by Gasteiger charge is -2.18. The molecule has 1 aromatic carbocycles. The van der Waals surface area contributed by atoms with Crippen LogP contribution in [0.5, 0.6) is 5.75 Å². The molecular weight excluding hydrogens is 264 g/mol. The number of amides is 1. The van der Waals surface area contributed by atoms with Crippen molar-refractivity contribution in [3.05, 3.63) is 24.3 Å². The van der Waals surface area contributed by atoms with Crippen molar-refractivity contribution >= 4 is 11.6 Å². The van der Waals surface area contributed by atoms with Crippen molar-refractivity contribution in [3.8, 4) is 5.75 Å². The van der Waals surface area contributed by atoms with Crippen LogP contribution in [-0.2, 0) is 4.79 Å². The Hall–Kier alpha value is -1.55. The van der Waals surface area contributed by atoms with Crippen LogP contribution in [0.15, 0.2) is 24.3 Å². The molecule has 21 heavy (non-hydrogen) atoms. The molecule has 0 radical (unpaired) electrons. The van der Waals surface area contributed by atoms with Crippen molar-refractivity contribution in [1.29, 1.82) is 0 Å². The van der Waals surface area contributed by atoms with Gasteiger partial charge in [0, 0.05) is 0 Å². The Morgan fingerprint density at radius 2 is 1.90 bits per heavy atom. The quantitative estimate of drug-likeness (QED) is 0.818. The van der Waals surface area contributed by atoms with E-state index in [0.717, 1.165) is 5.69 Å². The van der Waals surface area contributed by atoms with E-state index in [-0.39, 0.29) is 11.9 Å². The summed E-state index contributed by atoms with van der Waals surface area (Å²) in [5.41, 5.74) is 0.742. The molecule has 0 heterocycles. The number of nitrogens with two attached hydrogens (primary N) is 1. The van der Waals surface area contributed by atoms with Crippen molar-refractivity contribution < 1.29 is 14.8 Å². The van der Waals surface area contributed by atoms with E-state index in [1.165, 1.54) is 38.5 Å². The SMILES string of the molecule is COc1ccccc1NC(=O)[C@@H](C)[NH2+]C1CCCCCC1. The van der Waals surface area contributed by atoms with Crippen molar-refractivity contribution in [2.24, 2.45) is 0 Å². The Labute approximate surface area is 127 Å². The van der Waals surface area contributed by atoms with Crippen LogP contribution >= 0.6 is 0 Å². The van der Waals surface area contributed by atoms with Crippen LogP contribution in [0.2, 0.25) is 0 Å². The molecular formula is C17H27N2O2+. The standard InChI is InChI=1S/C17H26N2O2/c1-13(18-14-9-5-3-4-6-10-14)17(20)19-15-11-7-8-12-16(15)21-2/h7-8,11-14,18H,3-6,9-10H2,1-2H3,(H,19,20)/p+1/t13-/m1/s1. The summed E-state index contributed by atoms with van der Waals surface area (Å²) in [6.07, 6.45) is 7.72. The van der Waals surface area contributed by atoms with E-state index in [0.29, 0.717) is 11.8 Å². The fourth-order valence-electron chi connectivity index (χ4n) is 2.99. The van der Waals surface area contributed by atoms with Crippen LogP contribution < -0.4 is 15.4 Å². The van der Waals surface area contributed by atoms with E-state index in [2.05, 4.69) is 10.6 Å². The number of methoxy groups -OCH3 is 1. The molecule has 4 heteroatoms. The van der Waals surface area contributed by atoms with Crippen LogP contribution in [0, 0.1) is 0 Å². The number of hydrogen-bond donors (Lipinski definition) is 2. The van der Waals surface area contributed by atoms with Gasteiger partial charge in [0.25, 0.3) is 5.91 Å². The first-order chi connectivity index (χ1) is 10.2. The van der Waals surface area contributed by atoms with Gasteiger partial charge in [-0.25, -0.2) is 0 Å². The molecule has 3 N–H and O–H groups in total. The highest BCUT2D eigenvalue weighted by Crippen LogP contribution is 2.23. The predicted molar refractivity (Wildman–Crippen MR) is 84.5 cm³/mol. The normalized spacial score (nSPS) is 17.8. The molecule has 0 spiro atoms. The second kappa shape index (κ2) is 8.03. The summed E-state index contributed by atoms with van der Waals surface area (Å²) in [6.45, 7) is 1.98. The summed E-state index contributed by atoms with van der Waals surface area (Å²) in [6, 6.07) is 8.04. The van der Waals surface area contributed by atoms with Gasteiger partial charge in [-0.2, -0.15) is 0 Å². The third-order valence-electron chi connectivity index (χ3n) is 4.24. The number of ether oxygens (including phenoxy) is 1. The summed E-state index contributed by atoms with van der Waals surface area (Å²) in [7, 11) is 1.62. The van der Waals surface area contributed by atoms with Crippen molar-refractivity contribution in [3.63, 3.8) is 0 Å². The fourth-order valence-corrected chi connectivity index (χ4v) is 2.99. The number of para-hydroxylation sites is 2. The third kappa shape index (κ3) is 4.74. The van der Waals surface area contributed by atoms with Crippen LogP contribution in [0.25, 0.3) is 0 Å². The molecule has 1 amide bonds. The molecule has 1 aliphatic carbocycles. The topological polar surface area (TPSA) is 54.9 Å². The van der Waals surface area contributed by atoms with Gasteiger partial charge < -0.3 is 15.4 Å². The molecule has 0 aliphatic heterocycles. The number of benzene rings is 1. The van der Waals surface area contributed by atoms with Crippen molar-refractivity contribution in [1.82, 2.24) is 0 Å². The van der Waals surface area contributed by atoms with Gasteiger partial charge in [0.2, 0.25) is 0 Å². The predicted octanol–water partition coefficient (Wildman–Crippen LogP) is 2.31. The zero-order chi connectivity index (χ0) is 15.1. The van der Waals surface area contributed by atoms with E-state index < -0.39 is 0 Å². The number of hydrogen-bond acceptors (Lipinski definition) is 2. The van der Waals surface area contributed by atoms with Crippen LogP contribution in [0.1, 0.15) is 45.4 Å². The molecule has 0 bridgehead atoms. The van der Waals surface area contributed by atoms with E-state index in [4.69, 9.17) is 4.74 Å². The summed E-state index contributed by atoms with van der Waals surface area (Å²) >= 11 is 0. The molecule has 0 saturated heterocycles. The van der Waals surface area contributed by atoms with Gasteiger partial charge in [-0.15, -0.1) is 0 Å². The number of carbonyl (C=O) groups excluding carboxylic acids is 1. The maximum atomic E-state index is 12.3. The lowest BCUT2D eigenvalue weighted by molar-refractivity contribution is -0.707. The molecule has 0 unspecified atom stereocenters. The van der Waals surface area contributed by atoms with Crippen molar-refractivity contribution in [2.75, 3.05) is 12.4 Å². The second-order valence-corrected chi connectivity index (χ2v) is 5.92. The van der Waals surface area contributed by atoms with Gasteiger partial charge in [0.05, 0.1) is 18.8 Å². The summed E-state index contributed by atoms with van der Waals surface area (Å²) in [4.78, 5) is 12.3. The average Bonchev–Trinajstić information content (AvgIpc) is 2.76. The van der Waals surface area contributed by atoms with Gasteiger partial charge in [-0.3, -0.25) is 4.79 Å². The molecule has 1 atom stereocenters. The highest BCUT2D eigenvalue weighted by molar-refractivity contribution is 5.94. The number of anilines is 1. The highest BCUT2D eigenvalue weighted by Gasteiger charge is 2.23. The molecule has 1 fully saturated rings. The first kappa shape index (κ1) is 15.8. The highest BCUT2D eigenvalue weighted by atomic mass is 16.5. The van der Waals surface area contributed by atoms with Gasteiger partial charge >= 0.3 is 0 Å². The molecule has 1 saturated carbocycles. The Bertz CT molecular complexity index is 454. The van der Waals surface area contributed by atoms with Crippen LogP contribution in [0.4, 0.5) is 5.69 Å². The van der Waals surface area contributed by atoms with Gasteiger partial charge in [0.1, 0.15) is 5.75 Å². The minimum absolute atomic E-state index is 0.0451. The first-order valence-electron chi connectivity index (χ1n) is 7.99. The molecule has 1 aliphatic rings. The first-order valence-corrected chi connectivity index (χ1v) is 7.99. The minimum Gasteiger partial charge on any atom is -0.495 e. The smallest absolute Gasteiger partial charge is 0.282 e. The average molecular weight is 291 g/mol. The second-order valence-electron chi connectivity index (χ2n) is 5.92. The molecule has 1 aromatic rings. The lowest BCUT2D eigenvalue weighted by Crippen LogP contribution is -2.96. The van der Waals surface area contributed by atoms with Gasteiger partial charge in [0.15, 0.2) is 6.04 Å². The lowest BCUT2D eigenvalue weighted by atomic mass is 10.1. The maximum absolute atomic E-state index is 12.3. The monoisotopic (exact) mass is 291 g/mol. The molecule has 0 aromatic heterocycles. The summed E-state index contributed by atoms with van der Waals surface area (Å²) in [5, 5.41) is 5.20. The number of quaternary nitrogens is 1. The Morgan fingerprint density at radius 3 is 2.57 bits per heavy atom. The fraction of sp³-hybridized carbons (Fsp3) is 0.588. The van der Waals surface area contributed by atoms with E-state index in [9.17, 15) is 4.79 Å². The summed E-state index contributed by atoms with van der Waals surface area (Å²) < 4.78 is 5.27.